The molecule has 1 aromatic heterocycles. The Morgan fingerprint density at radius 2 is 1.92 bits per heavy atom. The van der Waals surface area contributed by atoms with E-state index in [1.807, 2.05) is 36.0 Å². The monoisotopic (exact) mass is 488 g/mol. The Morgan fingerprint density at radius 1 is 1.14 bits per heavy atom. The van der Waals surface area contributed by atoms with Crippen molar-refractivity contribution in [2.24, 2.45) is 13.0 Å². The fraction of sp³-hybridized carbons (Fsp3) is 0.393. The summed E-state index contributed by atoms with van der Waals surface area (Å²) in [5.74, 6) is 1.73. The molecule has 3 saturated heterocycles. The maximum atomic E-state index is 12.4. The largest absolute Gasteiger partial charge is 0.496 e. The van der Waals surface area contributed by atoms with Crippen molar-refractivity contribution in [2.45, 2.75) is 31.7 Å². The minimum Gasteiger partial charge on any atom is -0.496 e. The lowest BCUT2D eigenvalue weighted by Crippen LogP contribution is -2.54. The second kappa shape index (κ2) is 10.1. The quantitative estimate of drug-likeness (QED) is 0.484. The van der Waals surface area contributed by atoms with Crippen LogP contribution in [0, 0.1) is 5.92 Å². The first kappa shape index (κ1) is 24.1. The van der Waals surface area contributed by atoms with Crippen molar-refractivity contribution in [3.63, 3.8) is 0 Å². The van der Waals surface area contributed by atoms with E-state index < -0.39 is 6.09 Å². The Balaban J connectivity index is 1.20. The summed E-state index contributed by atoms with van der Waals surface area (Å²) in [4.78, 5) is 26.2. The van der Waals surface area contributed by atoms with E-state index in [-0.39, 0.29) is 11.8 Å². The number of methoxy groups -OCH3 is 1. The van der Waals surface area contributed by atoms with Gasteiger partial charge in [-0.05, 0) is 74.7 Å². The molecule has 4 atom stereocenters. The number of para-hydroxylation sites is 1. The fourth-order valence-corrected chi connectivity index (χ4v) is 5.58. The van der Waals surface area contributed by atoms with Crippen LogP contribution in [0.25, 0.3) is 11.3 Å². The molecule has 6 rings (SSSR count). The van der Waals surface area contributed by atoms with Crippen LogP contribution in [0.4, 0.5) is 10.5 Å². The van der Waals surface area contributed by atoms with Crippen molar-refractivity contribution in [1.29, 1.82) is 0 Å². The number of anilines is 1. The zero-order valence-corrected chi connectivity index (χ0v) is 20.9. The SMILES string of the molecule is COc1ccccc1-c1cc([C@H]2CN3CC[C@@H]2C[C@@H]3COC(=O)Nc2ccc(C(C)=O)cc2)n(C)n1. The van der Waals surface area contributed by atoms with Crippen molar-refractivity contribution in [3.05, 3.63) is 65.9 Å². The first-order chi connectivity index (χ1) is 17.4. The molecule has 0 radical (unpaired) electrons. The molecule has 2 aromatic carbocycles. The summed E-state index contributed by atoms with van der Waals surface area (Å²) in [6.07, 6.45) is 1.64. The van der Waals surface area contributed by atoms with Crippen LogP contribution in [-0.2, 0) is 11.8 Å². The molecule has 1 amide bonds. The molecule has 0 saturated carbocycles. The van der Waals surface area contributed by atoms with Crippen molar-refractivity contribution in [3.8, 4) is 17.0 Å². The third kappa shape index (κ3) is 4.86. The second-order valence-corrected chi connectivity index (χ2v) is 9.68. The van der Waals surface area contributed by atoms with Gasteiger partial charge >= 0.3 is 6.09 Å². The van der Waals surface area contributed by atoms with Gasteiger partial charge in [-0.15, -0.1) is 0 Å². The molecular weight excluding hydrogens is 456 g/mol. The van der Waals surface area contributed by atoms with Gasteiger partial charge in [0.2, 0.25) is 0 Å². The number of fused-ring (bicyclic) bond motifs is 3. The minimum absolute atomic E-state index is 0.00836. The molecule has 0 spiro atoms. The lowest BCUT2D eigenvalue weighted by Gasteiger charge is -2.49. The lowest BCUT2D eigenvalue weighted by molar-refractivity contribution is -0.00222. The van der Waals surface area contributed by atoms with Gasteiger partial charge in [0.15, 0.2) is 5.78 Å². The van der Waals surface area contributed by atoms with E-state index in [1.165, 1.54) is 12.6 Å². The van der Waals surface area contributed by atoms with Crippen LogP contribution in [0.1, 0.15) is 41.7 Å². The van der Waals surface area contributed by atoms with E-state index in [4.69, 9.17) is 14.6 Å². The molecular formula is C28H32N4O4. The highest BCUT2D eigenvalue weighted by molar-refractivity contribution is 5.94. The van der Waals surface area contributed by atoms with Crippen LogP contribution in [0.2, 0.25) is 0 Å². The number of hydrogen-bond donors (Lipinski definition) is 1. The lowest BCUT2D eigenvalue weighted by atomic mass is 9.74. The van der Waals surface area contributed by atoms with E-state index in [0.717, 1.165) is 42.9 Å². The number of ether oxygens (including phenoxy) is 2. The zero-order valence-electron chi connectivity index (χ0n) is 20.9. The van der Waals surface area contributed by atoms with Crippen molar-refractivity contribution in [1.82, 2.24) is 14.7 Å². The minimum atomic E-state index is -0.474. The van der Waals surface area contributed by atoms with Crippen LogP contribution in [0.5, 0.6) is 5.75 Å². The zero-order chi connectivity index (χ0) is 25.2. The number of hydrogen-bond acceptors (Lipinski definition) is 6. The molecule has 3 aliphatic heterocycles. The first-order valence-corrected chi connectivity index (χ1v) is 12.4. The Bertz CT molecular complexity index is 1250. The van der Waals surface area contributed by atoms with Gasteiger partial charge in [0.25, 0.3) is 0 Å². The highest BCUT2D eigenvalue weighted by Crippen LogP contribution is 2.43. The Morgan fingerprint density at radius 3 is 2.61 bits per heavy atom. The number of nitrogens with zero attached hydrogens (tertiary/aromatic N) is 3. The molecule has 188 valence electrons. The van der Waals surface area contributed by atoms with Gasteiger partial charge in [-0.3, -0.25) is 19.7 Å². The summed E-state index contributed by atoms with van der Waals surface area (Å²) >= 11 is 0. The van der Waals surface area contributed by atoms with Gasteiger partial charge in [0.1, 0.15) is 12.4 Å². The highest BCUT2D eigenvalue weighted by Gasteiger charge is 2.42. The van der Waals surface area contributed by atoms with Crippen molar-refractivity contribution < 1.29 is 19.1 Å². The Labute approximate surface area is 211 Å². The summed E-state index contributed by atoms with van der Waals surface area (Å²) in [6.45, 7) is 3.82. The highest BCUT2D eigenvalue weighted by atomic mass is 16.5. The molecule has 1 unspecified atom stereocenters. The number of rotatable bonds is 7. The van der Waals surface area contributed by atoms with Crippen LogP contribution < -0.4 is 10.1 Å². The number of benzene rings is 2. The maximum Gasteiger partial charge on any atom is 0.411 e. The number of carbonyl (C=O) groups is 2. The summed E-state index contributed by atoms with van der Waals surface area (Å²) < 4.78 is 13.1. The van der Waals surface area contributed by atoms with Gasteiger partial charge in [-0.1, -0.05) is 12.1 Å². The average molecular weight is 489 g/mol. The van der Waals surface area contributed by atoms with Crippen LogP contribution >= 0.6 is 0 Å². The van der Waals surface area contributed by atoms with Gasteiger partial charge < -0.3 is 9.47 Å². The maximum absolute atomic E-state index is 12.4. The van der Waals surface area contributed by atoms with Crippen LogP contribution in [-0.4, -0.2) is 59.4 Å². The van der Waals surface area contributed by atoms with Gasteiger partial charge in [0.05, 0.1) is 12.8 Å². The predicted octanol–water partition coefficient (Wildman–Crippen LogP) is 4.72. The Hall–Kier alpha value is -3.65. The molecule has 2 bridgehead atoms. The molecule has 3 aliphatic rings. The number of aromatic nitrogens is 2. The standard InChI is InChI=1S/C28H32N4O4/c1-18(33)19-8-10-21(11-9-19)29-28(34)36-17-22-14-20-12-13-32(22)16-24(20)26-15-25(30-31(26)2)23-6-4-5-7-27(23)35-3/h4-11,15,20,22,24H,12-14,16-17H2,1-3H3,(H,29,34)/t20-,22-,24+/m1/s1. The number of carbonyl (C=O) groups excluding carboxylic acids is 2. The van der Waals surface area contributed by atoms with Crippen molar-refractivity contribution in [2.75, 3.05) is 32.1 Å². The molecule has 4 heterocycles. The van der Waals surface area contributed by atoms with E-state index in [2.05, 4.69) is 16.3 Å². The number of amides is 1. The number of piperidine rings is 3. The second-order valence-electron chi connectivity index (χ2n) is 9.68. The molecule has 3 aromatic rings. The molecule has 1 N–H and O–H groups in total. The molecule has 36 heavy (non-hydrogen) atoms. The summed E-state index contributed by atoms with van der Waals surface area (Å²) in [5, 5.41) is 7.55. The molecule has 3 fully saturated rings. The van der Waals surface area contributed by atoms with Crippen LogP contribution in [0.15, 0.2) is 54.6 Å². The number of ketones is 1. The third-order valence-electron chi connectivity index (χ3n) is 7.50. The normalized spacial score (nSPS) is 22.8. The number of nitrogens with one attached hydrogen (secondary N) is 1. The summed E-state index contributed by atoms with van der Waals surface area (Å²) in [6, 6.07) is 17.2. The van der Waals surface area contributed by atoms with Crippen LogP contribution in [0.3, 0.4) is 0 Å². The fourth-order valence-electron chi connectivity index (χ4n) is 5.58. The third-order valence-corrected chi connectivity index (χ3v) is 7.50. The van der Waals surface area contributed by atoms with Gasteiger partial charge in [0, 0.05) is 48.1 Å². The molecule has 0 aliphatic carbocycles. The van der Waals surface area contributed by atoms with E-state index >= 15 is 0 Å². The van der Waals surface area contributed by atoms with Gasteiger partial charge in [-0.2, -0.15) is 5.10 Å². The predicted molar refractivity (Wildman–Crippen MR) is 137 cm³/mol. The smallest absolute Gasteiger partial charge is 0.411 e. The average Bonchev–Trinajstić information content (AvgIpc) is 3.29. The summed E-state index contributed by atoms with van der Waals surface area (Å²) in [5.41, 5.74) is 4.37. The number of Topliss-reactive ketones (excluding diaryl/α,β-unsaturated/α-hetero) is 1. The van der Waals surface area contributed by atoms with Gasteiger partial charge in [-0.25, -0.2) is 4.79 Å². The van der Waals surface area contributed by atoms with E-state index in [9.17, 15) is 9.59 Å². The number of aryl methyl sites for hydroxylation is 1. The van der Waals surface area contributed by atoms with E-state index in [0.29, 0.717) is 29.7 Å². The Kier molecular flexibility index (Phi) is 6.78. The summed E-state index contributed by atoms with van der Waals surface area (Å²) in [7, 11) is 3.70. The topological polar surface area (TPSA) is 85.7 Å². The van der Waals surface area contributed by atoms with E-state index in [1.54, 1.807) is 31.4 Å². The molecule has 8 heteroatoms. The van der Waals surface area contributed by atoms with Crippen molar-refractivity contribution >= 4 is 17.6 Å². The first-order valence-electron chi connectivity index (χ1n) is 12.4. The molecule has 8 nitrogen and oxygen atoms in total.